The van der Waals surface area contributed by atoms with E-state index in [0.717, 1.165) is 10.0 Å². The predicted molar refractivity (Wildman–Crippen MR) is 61.5 cm³/mol. The van der Waals surface area contributed by atoms with Crippen LogP contribution >= 0.6 is 15.9 Å². The lowest BCUT2D eigenvalue weighted by atomic mass is 10.2. The molecule has 15 heavy (non-hydrogen) atoms. The number of carbonyl (C=O) groups is 1. The average molecular weight is 273 g/mol. The molecule has 1 aromatic carbocycles. The third-order valence-corrected chi connectivity index (χ3v) is 2.41. The van der Waals surface area contributed by atoms with Crippen molar-refractivity contribution in [1.82, 2.24) is 0 Å². The van der Waals surface area contributed by atoms with Gasteiger partial charge in [-0.2, -0.15) is 0 Å². The highest BCUT2D eigenvalue weighted by atomic mass is 79.9. The van der Waals surface area contributed by atoms with E-state index >= 15 is 0 Å². The molecule has 4 nitrogen and oxygen atoms in total. The van der Waals surface area contributed by atoms with Gasteiger partial charge in [-0.3, -0.25) is 4.79 Å². The molecule has 0 saturated carbocycles. The molecule has 4 N–H and O–H groups in total. The van der Waals surface area contributed by atoms with Gasteiger partial charge in [-0.15, -0.1) is 0 Å². The number of amides is 1. The Morgan fingerprint density at radius 3 is 2.80 bits per heavy atom. The fourth-order valence-electron chi connectivity index (χ4n) is 1.04. The summed E-state index contributed by atoms with van der Waals surface area (Å²) in [7, 11) is 0. The molecule has 0 radical (unpaired) electrons. The molecule has 0 fully saturated rings. The van der Waals surface area contributed by atoms with Crippen molar-refractivity contribution < 1.29 is 9.53 Å². The van der Waals surface area contributed by atoms with Crippen molar-refractivity contribution in [2.75, 3.05) is 6.61 Å². The first-order valence-corrected chi connectivity index (χ1v) is 5.24. The molecule has 0 bridgehead atoms. The molecule has 0 aliphatic carbocycles. The number of primary amides is 1. The topological polar surface area (TPSA) is 78.3 Å². The normalized spacial score (nSPS) is 12.2. The molecule has 1 unspecified atom stereocenters. The molecule has 0 spiro atoms. The number of ether oxygens (including phenoxy) is 1. The minimum Gasteiger partial charge on any atom is -0.491 e. The maximum atomic E-state index is 10.7. The van der Waals surface area contributed by atoms with Crippen molar-refractivity contribution in [3.8, 4) is 5.75 Å². The summed E-state index contributed by atoms with van der Waals surface area (Å²) in [5.41, 5.74) is 11.4. The average Bonchev–Trinajstić information content (AvgIpc) is 2.15. The van der Waals surface area contributed by atoms with E-state index in [-0.39, 0.29) is 6.61 Å². The van der Waals surface area contributed by atoms with E-state index in [9.17, 15) is 4.79 Å². The Hall–Kier alpha value is -1.07. The second-order valence-corrected chi connectivity index (χ2v) is 4.15. The van der Waals surface area contributed by atoms with Gasteiger partial charge in [0.1, 0.15) is 18.4 Å². The second kappa shape index (κ2) is 5.14. The zero-order chi connectivity index (χ0) is 11.4. The van der Waals surface area contributed by atoms with E-state index in [1.807, 2.05) is 25.1 Å². The van der Waals surface area contributed by atoms with E-state index in [4.69, 9.17) is 16.2 Å². The lowest BCUT2D eigenvalue weighted by Gasteiger charge is -2.12. The van der Waals surface area contributed by atoms with Gasteiger partial charge in [0.2, 0.25) is 5.91 Å². The minimum atomic E-state index is -0.770. The number of hydrogen-bond donors (Lipinski definition) is 2. The molecule has 82 valence electrons. The summed E-state index contributed by atoms with van der Waals surface area (Å²) in [6, 6.07) is 4.82. The molecule has 5 heteroatoms. The summed E-state index contributed by atoms with van der Waals surface area (Å²) < 4.78 is 6.35. The SMILES string of the molecule is Cc1cc(Br)ccc1OCC(N)C(N)=O. The smallest absolute Gasteiger partial charge is 0.237 e. The van der Waals surface area contributed by atoms with E-state index in [1.165, 1.54) is 0 Å². The molecule has 1 aromatic rings. The standard InChI is InChI=1S/C10H13BrN2O2/c1-6-4-7(11)2-3-9(6)15-5-8(12)10(13)14/h2-4,8H,5,12H2,1H3,(H2,13,14). The quantitative estimate of drug-likeness (QED) is 0.857. The van der Waals surface area contributed by atoms with Crippen LogP contribution in [0, 0.1) is 6.92 Å². The van der Waals surface area contributed by atoms with E-state index in [0.29, 0.717) is 5.75 Å². The zero-order valence-electron chi connectivity index (χ0n) is 8.37. The van der Waals surface area contributed by atoms with Crippen molar-refractivity contribution in [2.45, 2.75) is 13.0 Å². The summed E-state index contributed by atoms with van der Waals surface area (Å²) >= 11 is 3.35. The largest absolute Gasteiger partial charge is 0.491 e. The van der Waals surface area contributed by atoms with Crippen molar-refractivity contribution in [2.24, 2.45) is 11.5 Å². The van der Waals surface area contributed by atoms with Gasteiger partial charge in [0, 0.05) is 4.47 Å². The molecular formula is C10H13BrN2O2. The maximum Gasteiger partial charge on any atom is 0.237 e. The van der Waals surface area contributed by atoms with Crippen LogP contribution in [0.15, 0.2) is 22.7 Å². The number of rotatable bonds is 4. The van der Waals surface area contributed by atoms with Gasteiger partial charge in [0.25, 0.3) is 0 Å². The van der Waals surface area contributed by atoms with Gasteiger partial charge in [-0.25, -0.2) is 0 Å². The first kappa shape index (κ1) is 12.0. The lowest BCUT2D eigenvalue weighted by molar-refractivity contribution is -0.119. The summed E-state index contributed by atoms with van der Waals surface area (Å²) in [4.78, 5) is 10.7. The van der Waals surface area contributed by atoms with Gasteiger partial charge in [0.05, 0.1) is 0 Å². The number of nitrogens with two attached hydrogens (primary N) is 2. The number of benzene rings is 1. The van der Waals surface area contributed by atoms with Gasteiger partial charge in [0.15, 0.2) is 0 Å². The van der Waals surface area contributed by atoms with E-state index < -0.39 is 11.9 Å². The molecule has 0 saturated heterocycles. The molecule has 0 aromatic heterocycles. The van der Waals surface area contributed by atoms with Crippen LogP contribution in [0.3, 0.4) is 0 Å². The summed E-state index contributed by atoms with van der Waals surface area (Å²) in [5, 5.41) is 0. The lowest BCUT2D eigenvalue weighted by Crippen LogP contribution is -2.41. The molecule has 1 amide bonds. The first-order chi connectivity index (χ1) is 7.00. The Balaban J connectivity index is 2.62. The number of carbonyl (C=O) groups excluding carboxylic acids is 1. The number of halogens is 1. The van der Waals surface area contributed by atoms with E-state index in [1.54, 1.807) is 0 Å². The Morgan fingerprint density at radius 1 is 1.60 bits per heavy atom. The van der Waals surface area contributed by atoms with Gasteiger partial charge >= 0.3 is 0 Å². The fourth-order valence-corrected chi connectivity index (χ4v) is 1.51. The Kier molecular flexibility index (Phi) is 4.11. The predicted octanol–water partition coefficient (Wildman–Crippen LogP) is 0.949. The van der Waals surface area contributed by atoms with Crippen LogP contribution in [0.1, 0.15) is 5.56 Å². The molecular weight excluding hydrogens is 260 g/mol. The Labute approximate surface area is 96.7 Å². The summed E-state index contributed by atoms with van der Waals surface area (Å²) in [6.45, 7) is 2.01. The number of hydrogen-bond acceptors (Lipinski definition) is 3. The molecule has 0 heterocycles. The highest BCUT2D eigenvalue weighted by Gasteiger charge is 2.10. The summed E-state index contributed by atoms with van der Waals surface area (Å²) in [5.74, 6) is 0.139. The van der Waals surface area contributed by atoms with Gasteiger partial charge in [-0.1, -0.05) is 15.9 Å². The third kappa shape index (κ3) is 3.53. The number of aryl methyl sites for hydroxylation is 1. The van der Waals surface area contributed by atoms with Crippen LogP contribution in [0.4, 0.5) is 0 Å². The summed E-state index contributed by atoms with van der Waals surface area (Å²) in [6.07, 6.45) is 0. The second-order valence-electron chi connectivity index (χ2n) is 3.23. The third-order valence-electron chi connectivity index (χ3n) is 1.92. The molecule has 0 aliphatic heterocycles. The minimum absolute atomic E-state index is 0.0950. The molecule has 0 aliphatic rings. The van der Waals surface area contributed by atoms with Crippen molar-refractivity contribution in [3.05, 3.63) is 28.2 Å². The van der Waals surface area contributed by atoms with Crippen LogP contribution in [0.5, 0.6) is 5.75 Å². The first-order valence-electron chi connectivity index (χ1n) is 4.44. The Morgan fingerprint density at radius 2 is 2.27 bits per heavy atom. The van der Waals surface area contributed by atoms with Crippen LogP contribution in [-0.4, -0.2) is 18.6 Å². The molecule has 1 rings (SSSR count). The fraction of sp³-hybridized carbons (Fsp3) is 0.300. The van der Waals surface area contributed by atoms with Crippen LogP contribution in [0.2, 0.25) is 0 Å². The van der Waals surface area contributed by atoms with Crippen molar-refractivity contribution >= 4 is 21.8 Å². The highest BCUT2D eigenvalue weighted by molar-refractivity contribution is 9.10. The van der Waals surface area contributed by atoms with Crippen LogP contribution < -0.4 is 16.2 Å². The molecule has 1 atom stereocenters. The monoisotopic (exact) mass is 272 g/mol. The van der Waals surface area contributed by atoms with Crippen LogP contribution in [0.25, 0.3) is 0 Å². The van der Waals surface area contributed by atoms with Crippen LogP contribution in [-0.2, 0) is 4.79 Å². The van der Waals surface area contributed by atoms with Crippen molar-refractivity contribution in [1.29, 1.82) is 0 Å². The maximum absolute atomic E-state index is 10.7. The van der Waals surface area contributed by atoms with E-state index in [2.05, 4.69) is 15.9 Å². The Bertz CT molecular complexity index is 368. The van der Waals surface area contributed by atoms with Crippen molar-refractivity contribution in [3.63, 3.8) is 0 Å². The van der Waals surface area contributed by atoms with Gasteiger partial charge < -0.3 is 16.2 Å². The van der Waals surface area contributed by atoms with Gasteiger partial charge in [-0.05, 0) is 30.7 Å². The zero-order valence-corrected chi connectivity index (χ0v) is 9.95. The highest BCUT2D eigenvalue weighted by Crippen LogP contribution is 2.22.